The number of sulfonamides is 1. The Morgan fingerprint density at radius 1 is 1.09 bits per heavy atom. The molecule has 22 heavy (non-hydrogen) atoms. The molecule has 1 atom stereocenters. The highest BCUT2D eigenvalue weighted by atomic mass is 32.2. The first kappa shape index (κ1) is 16.4. The summed E-state index contributed by atoms with van der Waals surface area (Å²) in [6.07, 6.45) is 0. The van der Waals surface area contributed by atoms with Crippen molar-refractivity contribution in [2.24, 2.45) is 0 Å². The fraction of sp³-hybridized carbons (Fsp3) is 0.200. The summed E-state index contributed by atoms with van der Waals surface area (Å²) in [7, 11) is -2.35. The predicted molar refractivity (Wildman–Crippen MR) is 78.1 cm³/mol. The van der Waals surface area contributed by atoms with E-state index in [0.29, 0.717) is 11.8 Å². The molecule has 0 aliphatic rings. The minimum Gasteiger partial charge on any atom is -0.497 e. The molecule has 0 saturated heterocycles. The maximum atomic E-state index is 13.7. The monoisotopic (exact) mass is 327 g/mol. The first-order valence-corrected chi connectivity index (χ1v) is 7.93. The highest BCUT2D eigenvalue weighted by molar-refractivity contribution is 7.89. The number of hydrogen-bond donors (Lipinski definition) is 1. The Kier molecular flexibility index (Phi) is 4.77. The van der Waals surface area contributed by atoms with Crippen molar-refractivity contribution in [2.45, 2.75) is 17.9 Å². The van der Waals surface area contributed by atoms with E-state index in [1.807, 2.05) is 0 Å². The number of methoxy groups -OCH3 is 1. The molecule has 0 unspecified atom stereocenters. The van der Waals surface area contributed by atoms with E-state index in [4.69, 9.17) is 4.74 Å². The van der Waals surface area contributed by atoms with Gasteiger partial charge in [-0.2, -0.15) is 0 Å². The molecule has 0 heterocycles. The van der Waals surface area contributed by atoms with Crippen molar-refractivity contribution < 1.29 is 21.9 Å². The second kappa shape index (κ2) is 6.41. The Morgan fingerprint density at radius 2 is 1.73 bits per heavy atom. The van der Waals surface area contributed by atoms with Gasteiger partial charge in [-0.1, -0.05) is 6.07 Å². The van der Waals surface area contributed by atoms with Crippen molar-refractivity contribution in [3.8, 4) is 5.75 Å². The van der Waals surface area contributed by atoms with Crippen molar-refractivity contribution in [1.29, 1.82) is 0 Å². The third kappa shape index (κ3) is 3.61. The lowest BCUT2D eigenvalue weighted by atomic mass is 10.1. The molecule has 2 aromatic rings. The lowest BCUT2D eigenvalue weighted by Crippen LogP contribution is -2.27. The van der Waals surface area contributed by atoms with Crippen LogP contribution in [-0.2, 0) is 10.0 Å². The minimum atomic E-state index is -3.83. The van der Waals surface area contributed by atoms with Gasteiger partial charge in [-0.05, 0) is 37.3 Å². The molecule has 118 valence electrons. The van der Waals surface area contributed by atoms with Gasteiger partial charge in [-0.15, -0.1) is 0 Å². The van der Waals surface area contributed by atoms with E-state index in [2.05, 4.69) is 4.72 Å². The second-order valence-electron chi connectivity index (χ2n) is 4.68. The molecule has 0 aliphatic heterocycles. The van der Waals surface area contributed by atoms with Gasteiger partial charge in [0.15, 0.2) is 0 Å². The number of nitrogens with one attached hydrogen (secondary N) is 1. The van der Waals surface area contributed by atoms with Crippen LogP contribution in [0.25, 0.3) is 0 Å². The summed E-state index contributed by atoms with van der Waals surface area (Å²) < 4.78 is 58.4. The van der Waals surface area contributed by atoms with Gasteiger partial charge in [0, 0.05) is 17.7 Å². The summed E-state index contributed by atoms with van der Waals surface area (Å²) in [4.78, 5) is 0.0302. The molecule has 0 spiro atoms. The molecule has 0 aliphatic carbocycles. The number of ether oxygens (including phenoxy) is 1. The van der Waals surface area contributed by atoms with Gasteiger partial charge in [0.05, 0.1) is 12.0 Å². The van der Waals surface area contributed by atoms with Crippen molar-refractivity contribution in [2.75, 3.05) is 7.11 Å². The summed E-state index contributed by atoms with van der Waals surface area (Å²) in [6.45, 7) is 1.48. The van der Waals surface area contributed by atoms with E-state index in [9.17, 15) is 17.2 Å². The van der Waals surface area contributed by atoms with Gasteiger partial charge in [-0.25, -0.2) is 21.9 Å². The molecule has 1 N–H and O–H groups in total. The molecule has 7 heteroatoms. The quantitative estimate of drug-likeness (QED) is 0.918. The summed E-state index contributed by atoms with van der Waals surface area (Å²) in [5.41, 5.74) is 0.0680. The van der Waals surface area contributed by atoms with E-state index >= 15 is 0 Å². The smallest absolute Gasteiger partial charge is 0.241 e. The van der Waals surface area contributed by atoms with Gasteiger partial charge >= 0.3 is 0 Å². The zero-order valence-electron chi connectivity index (χ0n) is 12.0. The van der Waals surface area contributed by atoms with Crippen LogP contribution >= 0.6 is 0 Å². The van der Waals surface area contributed by atoms with Crippen LogP contribution in [0.2, 0.25) is 0 Å². The topological polar surface area (TPSA) is 55.4 Å². The normalized spacial score (nSPS) is 12.9. The molecule has 0 saturated carbocycles. The van der Waals surface area contributed by atoms with Gasteiger partial charge < -0.3 is 4.74 Å². The van der Waals surface area contributed by atoms with Crippen molar-refractivity contribution in [3.05, 3.63) is 59.7 Å². The highest BCUT2D eigenvalue weighted by Gasteiger charge is 2.20. The summed E-state index contributed by atoms with van der Waals surface area (Å²) in [5, 5.41) is 0. The van der Waals surface area contributed by atoms with Crippen LogP contribution in [-0.4, -0.2) is 15.5 Å². The summed E-state index contributed by atoms with van der Waals surface area (Å²) in [6, 6.07) is 7.96. The number of hydrogen-bond acceptors (Lipinski definition) is 3. The van der Waals surface area contributed by atoms with Gasteiger partial charge in [-0.3, -0.25) is 0 Å². The first-order valence-electron chi connectivity index (χ1n) is 6.45. The highest BCUT2D eigenvalue weighted by Crippen LogP contribution is 2.21. The summed E-state index contributed by atoms with van der Waals surface area (Å²) in [5.74, 6) is -0.993. The minimum absolute atomic E-state index is 0.0302. The van der Waals surface area contributed by atoms with E-state index in [1.54, 1.807) is 0 Å². The van der Waals surface area contributed by atoms with E-state index in [-0.39, 0.29) is 10.5 Å². The molecular formula is C15H15F2NO3S. The number of benzene rings is 2. The van der Waals surface area contributed by atoms with Crippen LogP contribution in [0.15, 0.2) is 47.4 Å². The molecule has 2 aromatic carbocycles. The van der Waals surface area contributed by atoms with E-state index in [1.165, 1.54) is 44.4 Å². The molecule has 4 nitrogen and oxygen atoms in total. The molecule has 0 amide bonds. The van der Waals surface area contributed by atoms with Crippen LogP contribution in [0, 0.1) is 11.6 Å². The lowest BCUT2D eigenvalue weighted by Gasteiger charge is -2.15. The van der Waals surface area contributed by atoms with Crippen LogP contribution < -0.4 is 9.46 Å². The SMILES string of the molecule is COc1ccc(S(=O)(=O)N[C@@H](C)c2ccc(F)cc2F)cc1. The molecule has 0 bridgehead atoms. The second-order valence-corrected chi connectivity index (χ2v) is 6.40. The van der Waals surface area contributed by atoms with Gasteiger partial charge in [0.1, 0.15) is 17.4 Å². The van der Waals surface area contributed by atoms with Crippen LogP contribution in [0.3, 0.4) is 0 Å². The third-order valence-corrected chi connectivity index (χ3v) is 4.69. The fourth-order valence-corrected chi connectivity index (χ4v) is 3.19. The third-order valence-electron chi connectivity index (χ3n) is 3.13. The molecule has 0 fully saturated rings. The zero-order chi connectivity index (χ0) is 16.3. The van der Waals surface area contributed by atoms with Crippen molar-refractivity contribution >= 4 is 10.0 Å². The van der Waals surface area contributed by atoms with Gasteiger partial charge in [0.25, 0.3) is 0 Å². The molecule has 0 radical (unpaired) electrons. The van der Waals surface area contributed by atoms with E-state index < -0.39 is 27.7 Å². The Labute approximate surface area is 127 Å². The Balaban J connectivity index is 2.23. The standard InChI is InChI=1S/C15H15F2NO3S/c1-10(14-8-3-11(16)9-15(14)17)18-22(19,20)13-6-4-12(21-2)5-7-13/h3-10,18H,1-2H3/t10-/m0/s1. The molecule has 0 aromatic heterocycles. The van der Waals surface area contributed by atoms with Crippen LogP contribution in [0.1, 0.15) is 18.5 Å². The predicted octanol–water partition coefficient (Wildman–Crippen LogP) is 3.01. The average Bonchev–Trinajstić information content (AvgIpc) is 2.46. The Hall–Kier alpha value is -1.99. The lowest BCUT2D eigenvalue weighted by molar-refractivity contribution is 0.414. The maximum absolute atomic E-state index is 13.7. The largest absolute Gasteiger partial charge is 0.497 e. The number of halogens is 2. The maximum Gasteiger partial charge on any atom is 0.241 e. The van der Waals surface area contributed by atoms with Crippen molar-refractivity contribution in [1.82, 2.24) is 4.72 Å². The zero-order valence-corrected chi connectivity index (χ0v) is 12.8. The van der Waals surface area contributed by atoms with Crippen LogP contribution in [0.4, 0.5) is 8.78 Å². The molecular weight excluding hydrogens is 312 g/mol. The Bertz CT molecular complexity index is 761. The molecule has 2 rings (SSSR count). The van der Waals surface area contributed by atoms with Gasteiger partial charge in [0.2, 0.25) is 10.0 Å². The van der Waals surface area contributed by atoms with Crippen LogP contribution in [0.5, 0.6) is 5.75 Å². The summed E-state index contributed by atoms with van der Waals surface area (Å²) >= 11 is 0. The Morgan fingerprint density at radius 3 is 2.27 bits per heavy atom. The average molecular weight is 327 g/mol. The van der Waals surface area contributed by atoms with Crippen molar-refractivity contribution in [3.63, 3.8) is 0 Å². The first-order chi connectivity index (χ1) is 10.3. The van der Waals surface area contributed by atoms with E-state index in [0.717, 1.165) is 6.07 Å². The fourth-order valence-electron chi connectivity index (χ4n) is 1.97. The number of rotatable bonds is 5.